The first-order valence-corrected chi connectivity index (χ1v) is 6.13. The summed E-state index contributed by atoms with van der Waals surface area (Å²) in [4.78, 5) is 0. The van der Waals surface area contributed by atoms with E-state index in [1.807, 2.05) is 6.92 Å². The molecule has 4 unspecified atom stereocenters. The first kappa shape index (κ1) is 12.0. The van der Waals surface area contributed by atoms with Crippen LogP contribution in [0.4, 0.5) is 0 Å². The molecule has 1 rings (SSSR count). The van der Waals surface area contributed by atoms with E-state index in [2.05, 4.69) is 19.2 Å². The molecule has 14 heavy (non-hydrogen) atoms. The summed E-state index contributed by atoms with van der Waals surface area (Å²) in [6.45, 7) is 6.58. The minimum absolute atomic E-state index is 0.312. The molecule has 2 heteroatoms. The van der Waals surface area contributed by atoms with Crippen molar-refractivity contribution in [2.45, 2.75) is 65.1 Å². The van der Waals surface area contributed by atoms with Crippen molar-refractivity contribution in [1.29, 1.82) is 0 Å². The largest absolute Gasteiger partial charge is 0.379 e. The summed E-state index contributed by atoms with van der Waals surface area (Å²) in [5, 5.41) is 12.9. The quantitative estimate of drug-likeness (QED) is 0.667. The summed E-state index contributed by atoms with van der Waals surface area (Å²) in [7, 11) is 0. The Hall–Kier alpha value is -0.0800. The van der Waals surface area contributed by atoms with Crippen LogP contribution in [0.25, 0.3) is 0 Å². The topological polar surface area (TPSA) is 32.3 Å². The predicted molar refractivity (Wildman–Crippen MR) is 60.0 cm³/mol. The number of aliphatic hydroxyl groups is 1. The van der Waals surface area contributed by atoms with Gasteiger partial charge in [0.15, 0.2) is 0 Å². The molecule has 1 aliphatic carbocycles. The maximum absolute atomic E-state index is 9.59. The number of hydrogen-bond donors (Lipinski definition) is 2. The normalized spacial score (nSPS) is 31.7. The highest BCUT2D eigenvalue weighted by atomic mass is 16.3. The summed E-state index contributed by atoms with van der Waals surface area (Å²) < 4.78 is 0. The molecule has 0 radical (unpaired) electrons. The first-order chi connectivity index (χ1) is 6.69. The highest BCUT2D eigenvalue weighted by Gasteiger charge is 2.30. The number of nitrogens with one attached hydrogen (secondary N) is 1. The highest BCUT2D eigenvalue weighted by Crippen LogP contribution is 2.34. The van der Waals surface area contributed by atoms with E-state index in [-0.39, 0.29) is 6.23 Å². The molecule has 2 N–H and O–H groups in total. The lowest BCUT2D eigenvalue weighted by Gasteiger charge is -2.29. The van der Waals surface area contributed by atoms with Gasteiger partial charge >= 0.3 is 0 Å². The van der Waals surface area contributed by atoms with Crippen LogP contribution in [0.3, 0.4) is 0 Å². The fourth-order valence-corrected chi connectivity index (χ4v) is 2.68. The van der Waals surface area contributed by atoms with Crippen molar-refractivity contribution >= 4 is 0 Å². The summed E-state index contributed by atoms with van der Waals surface area (Å²) in [6, 6.07) is 0.516. The summed E-state index contributed by atoms with van der Waals surface area (Å²) in [5.41, 5.74) is 0. The van der Waals surface area contributed by atoms with Gasteiger partial charge in [0, 0.05) is 6.04 Å². The van der Waals surface area contributed by atoms with Crippen LogP contribution >= 0.6 is 0 Å². The fraction of sp³-hybridized carbons (Fsp3) is 1.00. The van der Waals surface area contributed by atoms with E-state index in [0.29, 0.717) is 6.04 Å². The Labute approximate surface area is 88.1 Å². The van der Waals surface area contributed by atoms with Crippen molar-refractivity contribution < 1.29 is 5.11 Å². The summed E-state index contributed by atoms with van der Waals surface area (Å²) in [5.74, 6) is 1.61. The Bertz CT molecular complexity index is 160. The third kappa shape index (κ3) is 2.96. The second-order valence-corrected chi connectivity index (χ2v) is 4.68. The van der Waals surface area contributed by atoms with Gasteiger partial charge in [-0.15, -0.1) is 0 Å². The molecular weight excluding hydrogens is 174 g/mol. The van der Waals surface area contributed by atoms with E-state index in [1.165, 1.54) is 19.3 Å². The van der Waals surface area contributed by atoms with Gasteiger partial charge in [0.25, 0.3) is 0 Å². The van der Waals surface area contributed by atoms with Gasteiger partial charge in [0.05, 0.1) is 0 Å². The van der Waals surface area contributed by atoms with Gasteiger partial charge < -0.3 is 5.11 Å². The molecule has 0 spiro atoms. The van der Waals surface area contributed by atoms with E-state index in [1.54, 1.807) is 0 Å². The van der Waals surface area contributed by atoms with Crippen LogP contribution in [0.5, 0.6) is 0 Å². The molecule has 0 aliphatic heterocycles. The first-order valence-electron chi connectivity index (χ1n) is 6.13. The van der Waals surface area contributed by atoms with Crippen LogP contribution < -0.4 is 5.32 Å². The Kier molecular flexibility index (Phi) is 4.90. The number of hydrogen-bond acceptors (Lipinski definition) is 2. The van der Waals surface area contributed by atoms with E-state index in [4.69, 9.17) is 0 Å². The van der Waals surface area contributed by atoms with Crippen LogP contribution in [0, 0.1) is 11.8 Å². The second-order valence-electron chi connectivity index (χ2n) is 4.68. The highest BCUT2D eigenvalue weighted by molar-refractivity contribution is 4.84. The zero-order valence-electron chi connectivity index (χ0n) is 9.79. The maximum Gasteiger partial charge on any atom is 0.104 e. The molecular formula is C12H25NO. The number of rotatable bonds is 5. The van der Waals surface area contributed by atoms with Crippen LogP contribution in [-0.2, 0) is 0 Å². The van der Waals surface area contributed by atoms with Crippen molar-refractivity contribution in [3.63, 3.8) is 0 Å². The Morgan fingerprint density at radius 3 is 2.43 bits per heavy atom. The smallest absolute Gasteiger partial charge is 0.104 e. The molecule has 0 aromatic rings. The molecule has 0 aromatic heterocycles. The van der Waals surface area contributed by atoms with Crippen molar-refractivity contribution in [1.82, 2.24) is 5.32 Å². The van der Waals surface area contributed by atoms with Gasteiger partial charge in [-0.3, -0.25) is 5.32 Å². The van der Waals surface area contributed by atoms with Gasteiger partial charge in [0.2, 0.25) is 0 Å². The molecule has 0 saturated heterocycles. The average Bonchev–Trinajstić information content (AvgIpc) is 2.60. The third-order valence-corrected chi connectivity index (χ3v) is 3.68. The van der Waals surface area contributed by atoms with Crippen molar-refractivity contribution in [3.8, 4) is 0 Å². The molecule has 0 bridgehead atoms. The molecule has 84 valence electrons. The van der Waals surface area contributed by atoms with E-state index in [0.717, 1.165) is 24.7 Å². The van der Waals surface area contributed by atoms with E-state index < -0.39 is 0 Å². The van der Waals surface area contributed by atoms with Crippen molar-refractivity contribution in [3.05, 3.63) is 0 Å². The van der Waals surface area contributed by atoms with E-state index in [9.17, 15) is 5.11 Å². The molecule has 0 heterocycles. The lowest BCUT2D eigenvalue weighted by Crippen LogP contribution is -2.43. The van der Waals surface area contributed by atoms with Gasteiger partial charge in [-0.25, -0.2) is 0 Å². The molecule has 1 aliphatic rings. The zero-order chi connectivity index (χ0) is 10.6. The molecule has 4 atom stereocenters. The van der Waals surface area contributed by atoms with E-state index >= 15 is 0 Å². The summed E-state index contributed by atoms with van der Waals surface area (Å²) >= 11 is 0. The van der Waals surface area contributed by atoms with Crippen molar-refractivity contribution in [2.24, 2.45) is 11.8 Å². The van der Waals surface area contributed by atoms with Crippen LogP contribution in [0.15, 0.2) is 0 Å². The molecule has 1 fully saturated rings. The third-order valence-electron chi connectivity index (χ3n) is 3.68. The lowest BCUT2D eigenvalue weighted by molar-refractivity contribution is 0.0979. The molecule has 0 aromatic carbocycles. The van der Waals surface area contributed by atoms with Gasteiger partial charge in [-0.05, 0) is 31.1 Å². The second kappa shape index (κ2) is 5.72. The molecule has 1 saturated carbocycles. The van der Waals surface area contributed by atoms with Crippen LogP contribution in [-0.4, -0.2) is 17.4 Å². The SMILES string of the molecule is CCC(O)NC(CC)C1CCCC1C. The number of aliphatic hydroxyl groups excluding tert-OH is 1. The molecule has 0 amide bonds. The average molecular weight is 199 g/mol. The van der Waals surface area contributed by atoms with Crippen molar-refractivity contribution in [2.75, 3.05) is 0 Å². The minimum Gasteiger partial charge on any atom is -0.379 e. The zero-order valence-corrected chi connectivity index (χ0v) is 9.79. The van der Waals surface area contributed by atoms with Gasteiger partial charge in [0.1, 0.15) is 6.23 Å². The minimum atomic E-state index is -0.312. The Morgan fingerprint density at radius 1 is 1.29 bits per heavy atom. The van der Waals surface area contributed by atoms with Crippen LogP contribution in [0.2, 0.25) is 0 Å². The van der Waals surface area contributed by atoms with Gasteiger partial charge in [-0.1, -0.05) is 33.6 Å². The predicted octanol–water partition coefficient (Wildman–Crippen LogP) is 2.52. The van der Waals surface area contributed by atoms with Crippen LogP contribution in [0.1, 0.15) is 52.9 Å². The van der Waals surface area contributed by atoms with Gasteiger partial charge in [-0.2, -0.15) is 0 Å². The monoisotopic (exact) mass is 199 g/mol. The standard InChI is InChI=1S/C12H25NO/c1-4-11(13-12(14)5-2)10-8-6-7-9(10)3/h9-14H,4-8H2,1-3H3. The lowest BCUT2D eigenvalue weighted by atomic mass is 9.88. The molecule has 2 nitrogen and oxygen atoms in total. The maximum atomic E-state index is 9.59. The Balaban J connectivity index is 2.44. The fourth-order valence-electron chi connectivity index (χ4n) is 2.68. The Morgan fingerprint density at radius 2 is 2.00 bits per heavy atom. The summed E-state index contributed by atoms with van der Waals surface area (Å²) in [6.07, 6.45) is 5.69.